The maximum Gasteiger partial charge on any atom is 0.223 e. The first-order chi connectivity index (χ1) is 13.7. The van der Waals surface area contributed by atoms with Gasteiger partial charge in [0.25, 0.3) is 0 Å². The van der Waals surface area contributed by atoms with E-state index in [0.29, 0.717) is 6.42 Å². The lowest BCUT2D eigenvalue weighted by atomic mass is 10.3. The number of thioether (sulfide) groups is 2. The lowest BCUT2D eigenvalue weighted by molar-refractivity contribution is -0.131. The average molecular weight is 430 g/mol. The molecule has 1 fully saturated rings. The lowest BCUT2D eigenvalue weighted by Crippen LogP contribution is -2.48. The average Bonchev–Trinajstić information content (AvgIpc) is 3.19. The molecule has 0 N–H and O–H groups in total. The van der Waals surface area contributed by atoms with Gasteiger partial charge >= 0.3 is 0 Å². The van der Waals surface area contributed by atoms with E-state index < -0.39 is 0 Å². The molecule has 2 heterocycles. The van der Waals surface area contributed by atoms with Crippen LogP contribution in [0.2, 0.25) is 0 Å². The molecule has 1 aromatic heterocycles. The molecule has 2 aromatic carbocycles. The van der Waals surface area contributed by atoms with Gasteiger partial charge in [0, 0.05) is 48.1 Å². The molecule has 0 saturated carbocycles. The van der Waals surface area contributed by atoms with Gasteiger partial charge in [-0.15, -0.1) is 23.5 Å². The van der Waals surface area contributed by atoms with Gasteiger partial charge in [0.15, 0.2) is 5.13 Å². The Kier molecular flexibility index (Phi) is 6.44. The number of para-hydroxylation sites is 1. The number of hydrogen-bond acceptors (Lipinski definition) is 6. The number of fused-ring (bicyclic) bond motifs is 1. The molecule has 146 valence electrons. The van der Waals surface area contributed by atoms with Crippen molar-refractivity contribution in [3.05, 3.63) is 48.5 Å². The van der Waals surface area contributed by atoms with E-state index in [0.717, 1.165) is 42.6 Å². The summed E-state index contributed by atoms with van der Waals surface area (Å²) in [5.41, 5.74) is 1.10. The second-order valence-corrected chi connectivity index (χ2v) is 9.61. The zero-order valence-electron chi connectivity index (χ0n) is 15.8. The molecule has 7 heteroatoms. The highest BCUT2D eigenvalue weighted by Crippen LogP contribution is 2.34. The summed E-state index contributed by atoms with van der Waals surface area (Å²) < 4.78 is 1.23. The molecular formula is C21H23N3OS3. The lowest BCUT2D eigenvalue weighted by Gasteiger charge is -2.34. The molecule has 0 radical (unpaired) electrons. The Balaban J connectivity index is 1.30. The standard InChI is InChI=1S/C21H23N3OS3/c1-26-17-8-5-9-18-20(17)22-21(28-18)24-13-11-23(12-14-24)19(25)10-15-27-16-6-3-2-4-7-16/h2-9H,10-15H2,1H3. The third-order valence-electron chi connectivity index (χ3n) is 4.82. The number of aromatic nitrogens is 1. The van der Waals surface area contributed by atoms with E-state index in [9.17, 15) is 4.79 Å². The maximum absolute atomic E-state index is 12.5. The van der Waals surface area contributed by atoms with Crippen LogP contribution in [-0.4, -0.2) is 54.0 Å². The van der Waals surface area contributed by atoms with Crippen molar-refractivity contribution < 1.29 is 4.79 Å². The summed E-state index contributed by atoms with van der Waals surface area (Å²) in [7, 11) is 0. The fourth-order valence-electron chi connectivity index (χ4n) is 3.29. The second kappa shape index (κ2) is 9.20. The van der Waals surface area contributed by atoms with Crippen molar-refractivity contribution in [3.8, 4) is 0 Å². The predicted molar refractivity (Wildman–Crippen MR) is 122 cm³/mol. The van der Waals surface area contributed by atoms with Gasteiger partial charge in [0.05, 0.1) is 10.2 Å². The number of anilines is 1. The highest BCUT2D eigenvalue weighted by Gasteiger charge is 2.23. The van der Waals surface area contributed by atoms with Crippen LogP contribution in [0.4, 0.5) is 5.13 Å². The monoisotopic (exact) mass is 429 g/mol. The minimum Gasteiger partial charge on any atom is -0.345 e. The van der Waals surface area contributed by atoms with Crippen LogP contribution in [0.15, 0.2) is 58.3 Å². The Hall–Kier alpha value is -1.70. The fraction of sp³-hybridized carbons (Fsp3) is 0.333. The number of benzene rings is 2. The Morgan fingerprint density at radius 1 is 1.07 bits per heavy atom. The quantitative estimate of drug-likeness (QED) is 0.524. The minimum atomic E-state index is 0.261. The van der Waals surface area contributed by atoms with Crippen molar-refractivity contribution in [2.45, 2.75) is 16.2 Å². The summed E-state index contributed by atoms with van der Waals surface area (Å²) in [5.74, 6) is 1.09. The van der Waals surface area contributed by atoms with E-state index in [4.69, 9.17) is 4.98 Å². The van der Waals surface area contributed by atoms with E-state index in [1.807, 2.05) is 23.1 Å². The molecule has 0 bridgehead atoms. The number of carbonyl (C=O) groups excluding carboxylic acids is 1. The Morgan fingerprint density at radius 2 is 1.86 bits per heavy atom. The van der Waals surface area contributed by atoms with E-state index in [-0.39, 0.29) is 5.91 Å². The summed E-state index contributed by atoms with van der Waals surface area (Å²) in [5, 5.41) is 1.07. The fourth-order valence-corrected chi connectivity index (χ4v) is 5.82. The molecular weight excluding hydrogens is 406 g/mol. The van der Waals surface area contributed by atoms with Crippen molar-refractivity contribution in [2.75, 3.05) is 43.1 Å². The molecule has 0 unspecified atom stereocenters. The zero-order chi connectivity index (χ0) is 19.3. The van der Waals surface area contributed by atoms with Gasteiger partial charge in [-0.1, -0.05) is 35.6 Å². The van der Waals surface area contributed by atoms with Crippen LogP contribution in [-0.2, 0) is 4.79 Å². The molecule has 1 aliphatic heterocycles. The summed E-state index contributed by atoms with van der Waals surface area (Å²) in [4.78, 5) is 24.2. The summed E-state index contributed by atoms with van der Waals surface area (Å²) >= 11 is 5.24. The first kappa shape index (κ1) is 19.6. The molecule has 1 aliphatic rings. The SMILES string of the molecule is CSc1cccc2sc(N3CCN(C(=O)CCSc4ccccc4)CC3)nc12. The van der Waals surface area contributed by atoms with Crippen molar-refractivity contribution >= 4 is 56.1 Å². The van der Waals surface area contributed by atoms with Crippen LogP contribution in [0.25, 0.3) is 10.2 Å². The largest absolute Gasteiger partial charge is 0.345 e. The molecule has 4 rings (SSSR count). The third-order valence-corrected chi connectivity index (χ3v) is 7.69. The molecule has 0 spiro atoms. The molecule has 1 amide bonds. The first-order valence-corrected chi connectivity index (χ1v) is 12.4. The number of rotatable bonds is 6. The van der Waals surface area contributed by atoms with Crippen LogP contribution < -0.4 is 4.90 Å². The van der Waals surface area contributed by atoms with E-state index in [2.05, 4.69) is 41.5 Å². The summed E-state index contributed by atoms with van der Waals surface area (Å²) in [6, 6.07) is 16.6. The first-order valence-electron chi connectivity index (χ1n) is 9.39. The smallest absolute Gasteiger partial charge is 0.223 e. The summed E-state index contributed by atoms with van der Waals surface area (Å²) in [6.45, 7) is 3.26. The highest BCUT2D eigenvalue weighted by atomic mass is 32.2. The van der Waals surface area contributed by atoms with Crippen LogP contribution in [0, 0.1) is 0 Å². The third kappa shape index (κ3) is 4.47. The van der Waals surface area contributed by atoms with Crippen LogP contribution in [0.5, 0.6) is 0 Å². The van der Waals surface area contributed by atoms with Gasteiger partial charge in [0.2, 0.25) is 5.91 Å². The molecule has 28 heavy (non-hydrogen) atoms. The van der Waals surface area contributed by atoms with E-state index in [1.165, 1.54) is 14.5 Å². The van der Waals surface area contributed by atoms with E-state index in [1.54, 1.807) is 34.9 Å². The van der Waals surface area contributed by atoms with Crippen molar-refractivity contribution in [3.63, 3.8) is 0 Å². The maximum atomic E-state index is 12.5. The van der Waals surface area contributed by atoms with Crippen LogP contribution >= 0.6 is 34.9 Å². The summed E-state index contributed by atoms with van der Waals surface area (Å²) in [6.07, 6.45) is 2.69. The number of amides is 1. The van der Waals surface area contributed by atoms with Gasteiger partial charge < -0.3 is 9.80 Å². The van der Waals surface area contributed by atoms with Crippen molar-refractivity contribution in [1.29, 1.82) is 0 Å². The van der Waals surface area contributed by atoms with Gasteiger partial charge in [-0.05, 0) is 30.5 Å². The zero-order valence-corrected chi connectivity index (χ0v) is 18.3. The van der Waals surface area contributed by atoms with Gasteiger partial charge in [-0.2, -0.15) is 0 Å². The molecule has 0 aliphatic carbocycles. The number of hydrogen-bond donors (Lipinski definition) is 0. The molecule has 4 nitrogen and oxygen atoms in total. The Morgan fingerprint density at radius 3 is 2.61 bits per heavy atom. The number of nitrogens with zero attached hydrogens (tertiary/aromatic N) is 3. The number of thiazole rings is 1. The normalized spacial score (nSPS) is 14.6. The van der Waals surface area contributed by atoms with Crippen LogP contribution in [0.1, 0.15) is 6.42 Å². The molecule has 0 atom stereocenters. The highest BCUT2D eigenvalue weighted by molar-refractivity contribution is 7.99. The minimum absolute atomic E-state index is 0.261. The molecule has 1 saturated heterocycles. The van der Waals surface area contributed by atoms with Gasteiger partial charge in [0.1, 0.15) is 0 Å². The topological polar surface area (TPSA) is 36.4 Å². The van der Waals surface area contributed by atoms with Gasteiger partial charge in [-0.25, -0.2) is 4.98 Å². The van der Waals surface area contributed by atoms with E-state index >= 15 is 0 Å². The second-order valence-electron chi connectivity index (χ2n) is 6.58. The molecule has 3 aromatic rings. The predicted octanol–water partition coefficient (Wildman–Crippen LogP) is 4.85. The van der Waals surface area contributed by atoms with Gasteiger partial charge in [-0.3, -0.25) is 4.79 Å². The Bertz CT molecular complexity index is 936. The van der Waals surface area contributed by atoms with Crippen molar-refractivity contribution in [1.82, 2.24) is 9.88 Å². The van der Waals surface area contributed by atoms with Crippen LogP contribution in [0.3, 0.4) is 0 Å². The number of piperazine rings is 1. The van der Waals surface area contributed by atoms with Crippen molar-refractivity contribution in [2.24, 2.45) is 0 Å². The number of carbonyl (C=O) groups is 1. The Labute approximate surface area is 178 Å².